The second-order valence-corrected chi connectivity index (χ2v) is 7.60. The standard InChI is InChI=1S/C19H28N6O/c1-14(19(26)24-9-3-4-10-24)13-20-18-15-6-11-23(2)12-7-16(15)22-17-5-8-21-25(17)18/h5,8,14,20H,3-4,6-7,9-13H2,1-2H3. The van der Waals surface area contributed by atoms with Gasteiger partial charge in [0, 0.05) is 50.8 Å². The van der Waals surface area contributed by atoms with Gasteiger partial charge in [0.1, 0.15) is 5.82 Å². The molecule has 1 unspecified atom stereocenters. The Hall–Kier alpha value is -2.15. The van der Waals surface area contributed by atoms with Crippen molar-refractivity contribution in [3.63, 3.8) is 0 Å². The van der Waals surface area contributed by atoms with Gasteiger partial charge >= 0.3 is 0 Å². The highest BCUT2D eigenvalue weighted by atomic mass is 16.2. The summed E-state index contributed by atoms with van der Waals surface area (Å²) in [6.45, 7) is 6.48. The number of carbonyl (C=O) groups excluding carboxylic acids is 1. The minimum atomic E-state index is -0.0454. The Morgan fingerprint density at radius 2 is 2.00 bits per heavy atom. The molecule has 1 fully saturated rings. The minimum Gasteiger partial charge on any atom is -0.369 e. The van der Waals surface area contributed by atoms with Crippen molar-refractivity contribution in [1.82, 2.24) is 24.4 Å². The fourth-order valence-electron chi connectivity index (χ4n) is 3.97. The monoisotopic (exact) mass is 356 g/mol. The molecule has 1 amide bonds. The predicted octanol–water partition coefficient (Wildman–Crippen LogP) is 1.43. The highest BCUT2D eigenvalue weighted by molar-refractivity contribution is 5.79. The zero-order valence-corrected chi connectivity index (χ0v) is 15.7. The summed E-state index contributed by atoms with van der Waals surface area (Å²) in [6, 6.07) is 1.94. The van der Waals surface area contributed by atoms with Gasteiger partial charge < -0.3 is 15.1 Å². The molecule has 0 saturated carbocycles. The molecule has 26 heavy (non-hydrogen) atoms. The summed E-state index contributed by atoms with van der Waals surface area (Å²) in [4.78, 5) is 21.8. The third-order valence-corrected chi connectivity index (χ3v) is 5.61. The first-order chi connectivity index (χ1) is 12.6. The molecule has 7 heteroatoms. The normalized spacial score (nSPS) is 19.4. The van der Waals surface area contributed by atoms with Gasteiger partial charge in [0.05, 0.1) is 17.8 Å². The summed E-state index contributed by atoms with van der Waals surface area (Å²) in [6.07, 6.45) is 5.95. The first-order valence-electron chi connectivity index (χ1n) is 9.70. The maximum Gasteiger partial charge on any atom is 0.227 e. The van der Waals surface area contributed by atoms with Crippen molar-refractivity contribution in [3.05, 3.63) is 23.5 Å². The third-order valence-electron chi connectivity index (χ3n) is 5.61. The van der Waals surface area contributed by atoms with Gasteiger partial charge in [-0.15, -0.1) is 0 Å². The van der Waals surface area contributed by atoms with Crippen LogP contribution in [0.5, 0.6) is 0 Å². The lowest BCUT2D eigenvalue weighted by Crippen LogP contribution is -2.35. The predicted molar refractivity (Wildman–Crippen MR) is 101 cm³/mol. The molecule has 2 aromatic rings. The molecule has 2 aromatic heterocycles. The van der Waals surface area contributed by atoms with Crippen molar-refractivity contribution in [2.75, 3.05) is 45.1 Å². The van der Waals surface area contributed by atoms with Gasteiger partial charge in [-0.25, -0.2) is 4.98 Å². The number of fused-ring (bicyclic) bond motifs is 2. The Morgan fingerprint density at radius 3 is 2.81 bits per heavy atom. The van der Waals surface area contributed by atoms with Crippen LogP contribution in [0.3, 0.4) is 0 Å². The highest BCUT2D eigenvalue weighted by Gasteiger charge is 2.24. The van der Waals surface area contributed by atoms with Gasteiger partial charge in [-0.3, -0.25) is 4.79 Å². The first-order valence-corrected chi connectivity index (χ1v) is 9.70. The van der Waals surface area contributed by atoms with Crippen LogP contribution in [-0.4, -0.2) is 70.1 Å². The number of likely N-dealkylation sites (N-methyl/N-ethyl adjacent to an activating group) is 1. The SMILES string of the molecule is CC(CNc1c2c(nc3ccnn13)CCN(C)CC2)C(=O)N1CCCC1. The quantitative estimate of drug-likeness (QED) is 0.898. The van der Waals surface area contributed by atoms with Gasteiger partial charge in [-0.1, -0.05) is 6.92 Å². The van der Waals surface area contributed by atoms with Crippen LogP contribution in [0.25, 0.3) is 5.65 Å². The van der Waals surface area contributed by atoms with E-state index < -0.39 is 0 Å². The van der Waals surface area contributed by atoms with E-state index in [-0.39, 0.29) is 11.8 Å². The summed E-state index contributed by atoms with van der Waals surface area (Å²) in [5.41, 5.74) is 3.27. The zero-order chi connectivity index (χ0) is 18.1. The number of nitrogens with zero attached hydrogens (tertiary/aromatic N) is 5. The average Bonchev–Trinajstić information content (AvgIpc) is 3.30. The van der Waals surface area contributed by atoms with E-state index in [1.807, 2.05) is 22.4 Å². The van der Waals surface area contributed by atoms with Crippen LogP contribution in [0.15, 0.2) is 12.3 Å². The molecule has 0 aromatic carbocycles. The molecule has 1 saturated heterocycles. The topological polar surface area (TPSA) is 65.8 Å². The first kappa shape index (κ1) is 17.3. The molecule has 1 atom stereocenters. The number of hydrogen-bond donors (Lipinski definition) is 1. The number of carbonyl (C=O) groups is 1. The molecule has 7 nitrogen and oxygen atoms in total. The van der Waals surface area contributed by atoms with Crippen LogP contribution in [-0.2, 0) is 17.6 Å². The summed E-state index contributed by atoms with van der Waals surface area (Å²) in [7, 11) is 2.15. The van der Waals surface area contributed by atoms with Crippen LogP contribution in [0.2, 0.25) is 0 Å². The van der Waals surface area contributed by atoms with Crippen molar-refractivity contribution in [3.8, 4) is 0 Å². The maximum absolute atomic E-state index is 12.6. The van der Waals surface area contributed by atoms with E-state index in [0.29, 0.717) is 6.54 Å². The van der Waals surface area contributed by atoms with Crippen LogP contribution < -0.4 is 5.32 Å². The molecule has 2 aliphatic rings. The lowest BCUT2D eigenvalue weighted by Gasteiger charge is -2.22. The van der Waals surface area contributed by atoms with Gasteiger partial charge in [0.2, 0.25) is 5.91 Å². The lowest BCUT2D eigenvalue weighted by atomic mass is 10.1. The smallest absolute Gasteiger partial charge is 0.227 e. The van der Waals surface area contributed by atoms with Crippen LogP contribution in [0.1, 0.15) is 31.0 Å². The van der Waals surface area contributed by atoms with Crippen LogP contribution in [0, 0.1) is 5.92 Å². The maximum atomic E-state index is 12.6. The summed E-state index contributed by atoms with van der Waals surface area (Å²) < 4.78 is 1.89. The van der Waals surface area contributed by atoms with Gasteiger partial charge in [0.25, 0.3) is 0 Å². The number of aromatic nitrogens is 3. The Balaban J connectivity index is 1.57. The second kappa shape index (κ2) is 7.23. The fraction of sp³-hybridized carbons (Fsp3) is 0.632. The van der Waals surface area contributed by atoms with E-state index in [4.69, 9.17) is 4.98 Å². The number of likely N-dealkylation sites (tertiary alicyclic amines) is 1. The molecule has 0 radical (unpaired) electrons. The number of hydrogen-bond acceptors (Lipinski definition) is 5. The largest absolute Gasteiger partial charge is 0.369 e. The van der Waals surface area contributed by atoms with Gasteiger partial charge in [-0.05, 0) is 26.3 Å². The van der Waals surface area contributed by atoms with Crippen molar-refractivity contribution < 1.29 is 4.79 Å². The van der Waals surface area contributed by atoms with E-state index in [0.717, 1.165) is 69.0 Å². The Labute approximate surface area is 154 Å². The number of rotatable bonds is 4. The van der Waals surface area contributed by atoms with Crippen LogP contribution >= 0.6 is 0 Å². The summed E-state index contributed by atoms with van der Waals surface area (Å²) in [5.74, 6) is 1.22. The molecule has 4 heterocycles. The van der Waals surface area contributed by atoms with E-state index >= 15 is 0 Å². The molecule has 0 spiro atoms. The molecular formula is C19H28N6O. The molecular weight excluding hydrogens is 328 g/mol. The minimum absolute atomic E-state index is 0.0454. The number of anilines is 1. The third kappa shape index (κ3) is 3.28. The molecule has 0 bridgehead atoms. The Kier molecular flexibility index (Phi) is 4.80. The summed E-state index contributed by atoms with van der Waals surface area (Å²) in [5, 5.41) is 8.00. The van der Waals surface area contributed by atoms with E-state index in [1.54, 1.807) is 6.20 Å². The molecule has 0 aliphatic carbocycles. The molecule has 140 valence electrons. The lowest BCUT2D eigenvalue weighted by molar-refractivity contribution is -0.133. The average molecular weight is 356 g/mol. The Morgan fingerprint density at radius 1 is 1.23 bits per heavy atom. The molecule has 2 aliphatic heterocycles. The van der Waals surface area contributed by atoms with Crippen molar-refractivity contribution in [2.45, 2.75) is 32.6 Å². The molecule has 4 rings (SSSR count). The van der Waals surface area contributed by atoms with E-state index in [9.17, 15) is 4.79 Å². The molecule has 1 N–H and O–H groups in total. The zero-order valence-electron chi connectivity index (χ0n) is 15.7. The second-order valence-electron chi connectivity index (χ2n) is 7.60. The van der Waals surface area contributed by atoms with E-state index in [2.05, 4.69) is 22.4 Å². The highest BCUT2D eigenvalue weighted by Crippen LogP contribution is 2.24. The Bertz CT molecular complexity index is 795. The number of nitrogens with one attached hydrogen (secondary N) is 1. The van der Waals surface area contributed by atoms with Gasteiger partial charge in [0.15, 0.2) is 5.65 Å². The summed E-state index contributed by atoms with van der Waals surface area (Å²) >= 11 is 0. The fourth-order valence-corrected chi connectivity index (χ4v) is 3.97. The van der Waals surface area contributed by atoms with Crippen LogP contribution in [0.4, 0.5) is 5.82 Å². The van der Waals surface area contributed by atoms with Crippen molar-refractivity contribution >= 4 is 17.4 Å². The number of amides is 1. The van der Waals surface area contributed by atoms with Gasteiger partial charge in [-0.2, -0.15) is 9.61 Å². The van der Waals surface area contributed by atoms with Crippen molar-refractivity contribution in [1.29, 1.82) is 0 Å². The van der Waals surface area contributed by atoms with E-state index in [1.165, 1.54) is 5.56 Å². The van der Waals surface area contributed by atoms with Crippen molar-refractivity contribution in [2.24, 2.45) is 5.92 Å².